The summed E-state index contributed by atoms with van der Waals surface area (Å²) < 4.78 is 1.71. The van der Waals surface area contributed by atoms with Gasteiger partial charge in [-0.05, 0) is 46.2 Å². The highest BCUT2D eigenvalue weighted by Crippen LogP contribution is 2.24. The SMILES string of the molecule is Cc1cccc2[nH]c3c(=O)n(CCN(C(C)C)C(C)C)cnc3c12. The van der Waals surface area contributed by atoms with Crippen LogP contribution in [-0.2, 0) is 6.54 Å². The van der Waals surface area contributed by atoms with Crippen molar-refractivity contribution in [3.63, 3.8) is 0 Å². The first-order chi connectivity index (χ1) is 11.4. The third-order valence-electron chi connectivity index (χ3n) is 4.73. The molecule has 128 valence electrons. The van der Waals surface area contributed by atoms with Crippen LogP contribution in [0.15, 0.2) is 29.3 Å². The Hall–Kier alpha value is -2.14. The van der Waals surface area contributed by atoms with Gasteiger partial charge < -0.3 is 4.98 Å². The van der Waals surface area contributed by atoms with Crippen molar-refractivity contribution in [3.05, 3.63) is 40.4 Å². The zero-order valence-corrected chi connectivity index (χ0v) is 15.1. The lowest BCUT2D eigenvalue weighted by atomic mass is 10.1. The molecule has 0 atom stereocenters. The van der Waals surface area contributed by atoms with Crippen LogP contribution in [0, 0.1) is 6.92 Å². The summed E-state index contributed by atoms with van der Waals surface area (Å²) in [6.45, 7) is 12.3. The minimum absolute atomic E-state index is 0.00284. The summed E-state index contributed by atoms with van der Waals surface area (Å²) in [5.41, 5.74) is 3.48. The molecule has 0 aliphatic rings. The fraction of sp³-hybridized carbons (Fsp3) is 0.474. The summed E-state index contributed by atoms with van der Waals surface area (Å²) in [5, 5.41) is 1.04. The molecule has 3 aromatic rings. The maximum absolute atomic E-state index is 12.8. The maximum Gasteiger partial charge on any atom is 0.277 e. The normalized spacial score (nSPS) is 12.3. The van der Waals surface area contributed by atoms with Crippen molar-refractivity contribution < 1.29 is 0 Å². The molecule has 0 aliphatic heterocycles. The largest absolute Gasteiger partial charge is 0.349 e. The van der Waals surface area contributed by atoms with Gasteiger partial charge in [-0.2, -0.15) is 0 Å². The van der Waals surface area contributed by atoms with Crippen LogP contribution < -0.4 is 5.56 Å². The van der Waals surface area contributed by atoms with Crippen LogP contribution in [0.1, 0.15) is 33.3 Å². The van der Waals surface area contributed by atoms with Crippen molar-refractivity contribution in [1.29, 1.82) is 0 Å². The van der Waals surface area contributed by atoms with E-state index < -0.39 is 0 Å². The third kappa shape index (κ3) is 2.84. The summed E-state index contributed by atoms with van der Waals surface area (Å²) in [4.78, 5) is 23.0. The van der Waals surface area contributed by atoms with Crippen LogP contribution in [0.4, 0.5) is 0 Å². The topological polar surface area (TPSA) is 53.9 Å². The lowest BCUT2D eigenvalue weighted by Crippen LogP contribution is -2.40. The van der Waals surface area contributed by atoms with Gasteiger partial charge in [0.25, 0.3) is 5.56 Å². The first-order valence-corrected chi connectivity index (χ1v) is 8.62. The lowest BCUT2D eigenvalue weighted by molar-refractivity contribution is 0.167. The number of nitrogens with one attached hydrogen (secondary N) is 1. The average molecular weight is 326 g/mol. The molecule has 0 spiro atoms. The van der Waals surface area contributed by atoms with Crippen molar-refractivity contribution >= 4 is 21.9 Å². The van der Waals surface area contributed by atoms with Crippen molar-refractivity contribution in [3.8, 4) is 0 Å². The van der Waals surface area contributed by atoms with E-state index in [9.17, 15) is 4.79 Å². The molecule has 0 unspecified atom stereocenters. The van der Waals surface area contributed by atoms with Gasteiger partial charge in [0.2, 0.25) is 0 Å². The fourth-order valence-electron chi connectivity index (χ4n) is 3.51. The Morgan fingerprint density at radius 2 is 1.92 bits per heavy atom. The van der Waals surface area contributed by atoms with Gasteiger partial charge >= 0.3 is 0 Å². The average Bonchev–Trinajstić information content (AvgIpc) is 2.89. The van der Waals surface area contributed by atoms with Crippen LogP contribution in [0.3, 0.4) is 0 Å². The number of benzene rings is 1. The molecule has 0 saturated carbocycles. The summed E-state index contributed by atoms with van der Waals surface area (Å²) >= 11 is 0. The Kier molecular flexibility index (Phi) is 4.45. The Bertz CT molecular complexity index is 912. The number of aryl methyl sites for hydroxylation is 1. The van der Waals surface area contributed by atoms with E-state index in [2.05, 4.69) is 42.6 Å². The number of nitrogens with zero attached hydrogens (tertiary/aromatic N) is 3. The summed E-state index contributed by atoms with van der Waals surface area (Å²) in [5.74, 6) is 0. The standard InChI is InChI=1S/C19H26N4O/c1-12(2)23(13(3)4)10-9-22-11-20-17-16-14(5)7-6-8-15(16)21-18(17)19(22)24/h6-8,11-13,21H,9-10H2,1-5H3. The first-order valence-electron chi connectivity index (χ1n) is 8.62. The van der Waals surface area contributed by atoms with E-state index in [1.54, 1.807) is 10.9 Å². The molecule has 0 bridgehead atoms. The molecule has 0 radical (unpaired) electrons. The molecule has 5 nitrogen and oxygen atoms in total. The second-order valence-electron chi connectivity index (χ2n) is 7.01. The number of fused-ring (bicyclic) bond motifs is 3. The predicted molar refractivity (Wildman–Crippen MR) is 99.6 cm³/mol. The second kappa shape index (κ2) is 6.40. The minimum Gasteiger partial charge on any atom is -0.349 e. The van der Waals surface area contributed by atoms with Crippen molar-refractivity contribution in [2.75, 3.05) is 6.54 Å². The number of aromatic amines is 1. The van der Waals surface area contributed by atoms with E-state index in [1.807, 2.05) is 25.1 Å². The molecule has 5 heteroatoms. The Morgan fingerprint density at radius 3 is 2.58 bits per heavy atom. The molecular weight excluding hydrogens is 300 g/mol. The Labute approximate surface area is 142 Å². The van der Waals surface area contributed by atoms with Gasteiger partial charge in [0.15, 0.2) is 0 Å². The molecule has 1 aromatic carbocycles. The second-order valence-corrected chi connectivity index (χ2v) is 7.01. The van der Waals surface area contributed by atoms with E-state index >= 15 is 0 Å². The van der Waals surface area contributed by atoms with Crippen LogP contribution in [0.25, 0.3) is 21.9 Å². The number of aromatic nitrogens is 3. The zero-order chi connectivity index (χ0) is 17.4. The first kappa shape index (κ1) is 16.7. The van der Waals surface area contributed by atoms with Gasteiger partial charge in [-0.1, -0.05) is 12.1 Å². The van der Waals surface area contributed by atoms with E-state index in [0.29, 0.717) is 24.1 Å². The van der Waals surface area contributed by atoms with E-state index in [0.717, 1.165) is 28.5 Å². The van der Waals surface area contributed by atoms with Crippen LogP contribution in [-0.4, -0.2) is 38.1 Å². The monoisotopic (exact) mass is 326 g/mol. The summed E-state index contributed by atoms with van der Waals surface area (Å²) in [7, 11) is 0. The molecule has 2 aromatic heterocycles. The summed E-state index contributed by atoms with van der Waals surface area (Å²) in [6.07, 6.45) is 1.68. The van der Waals surface area contributed by atoms with E-state index in [1.165, 1.54) is 0 Å². The molecule has 0 saturated heterocycles. The minimum atomic E-state index is 0.00284. The zero-order valence-electron chi connectivity index (χ0n) is 15.1. The van der Waals surface area contributed by atoms with Gasteiger partial charge in [-0.3, -0.25) is 14.3 Å². The number of H-pyrrole nitrogens is 1. The molecule has 0 fully saturated rings. The van der Waals surface area contributed by atoms with Crippen LogP contribution in [0.5, 0.6) is 0 Å². The predicted octanol–water partition coefficient (Wildman–Crippen LogP) is 3.31. The van der Waals surface area contributed by atoms with Gasteiger partial charge in [0.1, 0.15) is 11.0 Å². The molecule has 1 N–H and O–H groups in total. The molecular formula is C19H26N4O. The fourth-order valence-corrected chi connectivity index (χ4v) is 3.51. The van der Waals surface area contributed by atoms with Gasteiger partial charge in [-0.25, -0.2) is 4.98 Å². The molecule has 24 heavy (non-hydrogen) atoms. The van der Waals surface area contributed by atoms with Crippen LogP contribution in [0.2, 0.25) is 0 Å². The number of hydrogen-bond donors (Lipinski definition) is 1. The van der Waals surface area contributed by atoms with Gasteiger partial charge in [0, 0.05) is 36.1 Å². The van der Waals surface area contributed by atoms with Crippen molar-refractivity contribution in [1.82, 2.24) is 19.4 Å². The highest BCUT2D eigenvalue weighted by Gasteiger charge is 2.15. The molecule has 2 heterocycles. The Morgan fingerprint density at radius 1 is 1.21 bits per heavy atom. The number of hydrogen-bond acceptors (Lipinski definition) is 3. The molecule has 0 amide bonds. The molecule has 3 rings (SSSR count). The lowest BCUT2D eigenvalue weighted by Gasteiger charge is -2.30. The van der Waals surface area contributed by atoms with Gasteiger partial charge in [-0.15, -0.1) is 0 Å². The number of rotatable bonds is 5. The maximum atomic E-state index is 12.8. The highest BCUT2D eigenvalue weighted by molar-refractivity contribution is 6.06. The smallest absolute Gasteiger partial charge is 0.277 e. The Balaban J connectivity index is 1.99. The van der Waals surface area contributed by atoms with Gasteiger partial charge in [0.05, 0.1) is 6.33 Å². The van der Waals surface area contributed by atoms with E-state index in [4.69, 9.17) is 0 Å². The highest BCUT2D eigenvalue weighted by atomic mass is 16.1. The molecule has 0 aliphatic carbocycles. The third-order valence-corrected chi connectivity index (χ3v) is 4.73. The summed E-state index contributed by atoms with van der Waals surface area (Å²) in [6, 6.07) is 6.94. The van der Waals surface area contributed by atoms with Crippen LogP contribution >= 0.6 is 0 Å². The van der Waals surface area contributed by atoms with Crippen molar-refractivity contribution in [2.24, 2.45) is 0 Å². The van der Waals surface area contributed by atoms with E-state index in [-0.39, 0.29) is 5.56 Å². The van der Waals surface area contributed by atoms with Crippen molar-refractivity contribution in [2.45, 2.75) is 53.2 Å². The quantitative estimate of drug-likeness (QED) is 0.782.